The molecule has 8 heteroatoms. The van der Waals surface area contributed by atoms with E-state index in [9.17, 15) is 0 Å². The monoisotopic (exact) mass is 688 g/mol. The second kappa shape index (κ2) is 13.4. The van der Waals surface area contributed by atoms with Gasteiger partial charge in [0, 0.05) is 92.5 Å². The van der Waals surface area contributed by atoms with Crippen molar-refractivity contribution in [2.75, 3.05) is 40.3 Å². The molecule has 262 valence electrons. The van der Waals surface area contributed by atoms with Crippen molar-refractivity contribution in [1.29, 1.82) is 0 Å². The lowest BCUT2D eigenvalue weighted by Gasteiger charge is -2.30. The number of hydrogen-bond donors (Lipinski definition) is 2. The molecule has 2 saturated heterocycles. The van der Waals surface area contributed by atoms with Crippen LogP contribution in [0.4, 0.5) is 0 Å². The van der Waals surface area contributed by atoms with Gasteiger partial charge < -0.3 is 19.8 Å². The van der Waals surface area contributed by atoms with E-state index >= 15 is 0 Å². The predicted molar refractivity (Wildman–Crippen MR) is 211 cm³/mol. The zero-order chi connectivity index (χ0) is 35.3. The number of likely N-dealkylation sites (N-methyl/N-ethyl adjacent to an activating group) is 2. The van der Waals surface area contributed by atoms with Crippen LogP contribution in [0, 0.1) is 0 Å². The Morgan fingerprint density at radius 3 is 1.62 bits per heavy atom. The van der Waals surface area contributed by atoms with Gasteiger partial charge in [-0.25, -0.2) is 19.1 Å². The Morgan fingerprint density at radius 1 is 0.577 bits per heavy atom. The molecule has 2 N–H and O–H groups in total. The van der Waals surface area contributed by atoms with E-state index in [1.54, 1.807) is 0 Å². The van der Waals surface area contributed by atoms with Gasteiger partial charge in [-0.3, -0.25) is 0 Å². The first-order valence-corrected chi connectivity index (χ1v) is 18.8. The van der Waals surface area contributed by atoms with Gasteiger partial charge in [-0.15, -0.1) is 0 Å². The van der Waals surface area contributed by atoms with Crippen LogP contribution in [-0.4, -0.2) is 70.0 Å². The first kappa shape index (κ1) is 32.7. The Kier molecular flexibility index (Phi) is 8.44. The highest BCUT2D eigenvalue weighted by Crippen LogP contribution is 2.39. The van der Waals surface area contributed by atoms with Crippen LogP contribution in [0.3, 0.4) is 0 Å². The van der Waals surface area contributed by atoms with E-state index in [2.05, 4.69) is 155 Å². The quantitative estimate of drug-likeness (QED) is 0.191. The standard InChI is InChI=1S/C44H48N8/c1-49-21-5-9-29(25-49)41-33-13-15-35(45-33)42(30-10-6-22-50(2)26-30)37-17-19-39(47-37)44(32-12-8-24-52(4)28-32)40-20-18-38(48-40)43(36-16-14-34(41)46-36)31-11-7-23-51(3)27-31/h5-6,9-10,13-22,25-26,31-32,45-46H,7-8,11-12,23-24,27-28H2,1-4H3/q+2. The molecule has 9 rings (SSSR count). The van der Waals surface area contributed by atoms with Gasteiger partial charge in [-0.05, 0) is 114 Å². The molecule has 8 bridgehead atoms. The van der Waals surface area contributed by atoms with Crippen LogP contribution < -0.4 is 9.13 Å². The van der Waals surface area contributed by atoms with E-state index in [-0.39, 0.29) is 0 Å². The van der Waals surface area contributed by atoms with Crippen molar-refractivity contribution < 1.29 is 9.13 Å². The molecule has 4 aliphatic rings. The summed E-state index contributed by atoms with van der Waals surface area (Å²) < 4.78 is 4.23. The molecule has 2 atom stereocenters. The number of nitrogens with one attached hydrogen (secondary N) is 2. The van der Waals surface area contributed by atoms with Gasteiger partial charge in [0.25, 0.3) is 0 Å². The molecule has 0 amide bonds. The second-order valence-corrected chi connectivity index (χ2v) is 15.3. The number of aryl methyl sites for hydroxylation is 2. The molecule has 0 radical (unpaired) electrons. The van der Waals surface area contributed by atoms with Crippen LogP contribution in [0.1, 0.15) is 71.4 Å². The van der Waals surface area contributed by atoms with Gasteiger partial charge in [0.05, 0.1) is 22.8 Å². The van der Waals surface area contributed by atoms with Crippen LogP contribution in [0.25, 0.3) is 68.6 Å². The summed E-state index contributed by atoms with van der Waals surface area (Å²) in [5, 5.41) is 0. The summed E-state index contributed by atoms with van der Waals surface area (Å²) in [5.74, 6) is 0.725. The van der Waals surface area contributed by atoms with Gasteiger partial charge in [-0.2, -0.15) is 0 Å². The molecule has 0 aliphatic carbocycles. The van der Waals surface area contributed by atoms with Crippen LogP contribution >= 0.6 is 0 Å². The minimum atomic E-state index is 0.351. The van der Waals surface area contributed by atoms with Crippen LogP contribution in [0.2, 0.25) is 0 Å². The highest BCUT2D eigenvalue weighted by molar-refractivity contribution is 5.97. The zero-order valence-corrected chi connectivity index (χ0v) is 30.7. The molecule has 0 saturated carbocycles. The minimum absolute atomic E-state index is 0.351. The fraction of sp³-hybridized carbons (Fsp3) is 0.318. The zero-order valence-electron chi connectivity index (χ0n) is 30.7. The first-order valence-electron chi connectivity index (χ1n) is 18.8. The number of pyridine rings is 2. The van der Waals surface area contributed by atoms with Crippen molar-refractivity contribution in [1.82, 2.24) is 29.7 Å². The van der Waals surface area contributed by atoms with Gasteiger partial charge >= 0.3 is 0 Å². The van der Waals surface area contributed by atoms with Crippen LogP contribution in [0.15, 0.2) is 73.3 Å². The minimum Gasteiger partial charge on any atom is -0.355 e. The van der Waals surface area contributed by atoms with Crippen molar-refractivity contribution in [3.8, 4) is 22.3 Å². The maximum Gasteiger partial charge on any atom is 0.176 e. The third kappa shape index (κ3) is 6.10. The van der Waals surface area contributed by atoms with Gasteiger partial charge in [0.15, 0.2) is 24.8 Å². The normalized spacial score (nSPS) is 19.4. The first-order chi connectivity index (χ1) is 25.4. The molecule has 8 nitrogen and oxygen atoms in total. The maximum atomic E-state index is 5.56. The van der Waals surface area contributed by atoms with E-state index in [0.29, 0.717) is 11.8 Å². The Balaban J connectivity index is 1.43. The van der Waals surface area contributed by atoms with E-state index < -0.39 is 0 Å². The smallest absolute Gasteiger partial charge is 0.176 e. The van der Waals surface area contributed by atoms with Gasteiger partial charge in [-0.1, -0.05) is 0 Å². The van der Waals surface area contributed by atoms with Crippen molar-refractivity contribution in [2.45, 2.75) is 37.5 Å². The fourth-order valence-electron chi connectivity index (χ4n) is 8.99. The highest BCUT2D eigenvalue weighted by atomic mass is 15.1. The molecule has 5 aromatic rings. The molecule has 9 heterocycles. The van der Waals surface area contributed by atoms with Crippen molar-refractivity contribution >= 4 is 46.4 Å². The van der Waals surface area contributed by atoms with E-state index in [4.69, 9.17) is 9.97 Å². The Morgan fingerprint density at radius 2 is 1.04 bits per heavy atom. The van der Waals surface area contributed by atoms with Crippen molar-refractivity contribution in [3.05, 3.63) is 107 Å². The molecule has 0 spiro atoms. The molecule has 5 aromatic heterocycles. The number of aromatic amines is 2. The lowest BCUT2D eigenvalue weighted by Crippen LogP contribution is -2.31. The van der Waals surface area contributed by atoms with Crippen LogP contribution in [0.5, 0.6) is 0 Å². The Hall–Kier alpha value is -5.18. The largest absolute Gasteiger partial charge is 0.355 e. The summed E-state index contributed by atoms with van der Waals surface area (Å²) in [6.07, 6.45) is 22.2. The second-order valence-electron chi connectivity index (χ2n) is 15.3. The highest BCUT2D eigenvalue weighted by Gasteiger charge is 2.28. The lowest BCUT2D eigenvalue weighted by atomic mass is 9.88. The Labute approximate surface area is 305 Å². The maximum absolute atomic E-state index is 5.56. The van der Waals surface area contributed by atoms with E-state index in [1.807, 2.05) is 0 Å². The number of rotatable bonds is 4. The topological polar surface area (TPSA) is 71.6 Å². The molecule has 2 unspecified atom stereocenters. The Bertz CT molecular complexity index is 2410. The van der Waals surface area contributed by atoms with Crippen molar-refractivity contribution in [3.63, 3.8) is 0 Å². The van der Waals surface area contributed by atoms with E-state index in [0.717, 1.165) is 106 Å². The van der Waals surface area contributed by atoms with Gasteiger partial charge in [0.1, 0.15) is 14.1 Å². The molecular formula is C44H48N8+2. The average molecular weight is 689 g/mol. The summed E-state index contributed by atoms with van der Waals surface area (Å²) in [7, 11) is 8.66. The molecule has 2 fully saturated rings. The fourth-order valence-corrected chi connectivity index (χ4v) is 8.99. The number of H-pyrrole nitrogens is 2. The lowest BCUT2D eigenvalue weighted by molar-refractivity contribution is -0.671. The molecule has 4 aliphatic heterocycles. The van der Waals surface area contributed by atoms with E-state index in [1.165, 1.54) is 24.0 Å². The van der Waals surface area contributed by atoms with Crippen LogP contribution in [-0.2, 0) is 14.1 Å². The number of likely N-dealkylation sites (tertiary alicyclic amines) is 2. The summed E-state index contributed by atoms with van der Waals surface area (Å²) in [6.45, 7) is 4.29. The number of aromatic nitrogens is 6. The predicted octanol–water partition coefficient (Wildman–Crippen LogP) is 7.26. The number of hydrogen-bond acceptors (Lipinski definition) is 4. The number of piperidine rings is 2. The number of nitrogens with zero attached hydrogens (tertiary/aromatic N) is 6. The summed E-state index contributed by atoms with van der Waals surface area (Å²) >= 11 is 0. The number of fused-ring (bicyclic) bond motifs is 8. The summed E-state index contributed by atoms with van der Waals surface area (Å²) in [6, 6.07) is 17.6. The summed E-state index contributed by atoms with van der Waals surface area (Å²) in [4.78, 5) is 23.9. The third-order valence-electron chi connectivity index (χ3n) is 11.4. The van der Waals surface area contributed by atoms with Gasteiger partial charge in [0.2, 0.25) is 0 Å². The SMILES string of the molecule is CN1CCCC(c2c3nc(c(-c4ccc[n+](C)c4)c4ccc([nH]4)c(-c4ccc[n+](C)c4)c4ccc([nH]4)c(C4CCCN(C)C4)c4nc2C=C4)C=C3)C1. The molecular weight excluding hydrogens is 641 g/mol. The molecule has 52 heavy (non-hydrogen) atoms. The van der Waals surface area contributed by atoms with Crippen molar-refractivity contribution in [2.24, 2.45) is 14.1 Å². The average Bonchev–Trinajstić information content (AvgIpc) is 3.96. The molecule has 0 aromatic carbocycles. The third-order valence-corrected chi connectivity index (χ3v) is 11.4. The summed E-state index contributed by atoms with van der Waals surface area (Å²) in [5.41, 5.74) is 15.5.